The van der Waals surface area contributed by atoms with Crippen LogP contribution in [0, 0.1) is 0 Å². The summed E-state index contributed by atoms with van der Waals surface area (Å²) in [5.74, 6) is -0.935. The standard InChI is InChI=1S/C25H38O2/c1-2-3-4-5-6-7-8-9-10-11-12-13-14-15-16-17-18-19-20-21-22-23-24-25(26)27/h13-24H,2-12H2,1H3,(H,26,27). The average Bonchev–Trinajstić information content (AvgIpc) is 2.65. The molecule has 0 aromatic heterocycles. The Morgan fingerprint density at radius 3 is 1.48 bits per heavy atom. The molecular weight excluding hydrogens is 332 g/mol. The third kappa shape index (κ3) is 23.9. The van der Waals surface area contributed by atoms with Crippen molar-refractivity contribution < 1.29 is 9.90 Å². The highest BCUT2D eigenvalue weighted by atomic mass is 16.4. The Morgan fingerprint density at radius 1 is 0.593 bits per heavy atom. The van der Waals surface area contributed by atoms with Crippen molar-refractivity contribution in [1.29, 1.82) is 0 Å². The molecule has 27 heavy (non-hydrogen) atoms. The third-order valence-electron chi connectivity index (χ3n) is 4.10. The van der Waals surface area contributed by atoms with Crippen LogP contribution in [0.1, 0.15) is 77.6 Å². The Labute approximate surface area is 166 Å². The van der Waals surface area contributed by atoms with E-state index in [1.54, 1.807) is 12.2 Å². The summed E-state index contributed by atoms with van der Waals surface area (Å²) in [6.07, 6.45) is 37.2. The number of carbonyl (C=O) groups is 1. The predicted molar refractivity (Wildman–Crippen MR) is 119 cm³/mol. The first-order chi connectivity index (χ1) is 13.3. The quantitative estimate of drug-likeness (QED) is 0.162. The normalized spacial score (nSPS) is 12.9. The third-order valence-corrected chi connectivity index (χ3v) is 4.10. The van der Waals surface area contributed by atoms with E-state index in [-0.39, 0.29) is 0 Å². The molecule has 0 aliphatic rings. The zero-order valence-corrected chi connectivity index (χ0v) is 17.1. The number of rotatable bonds is 17. The van der Waals surface area contributed by atoms with Crippen LogP contribution in [0.25, 0.3) is 0 Å². The molecule has 150 valence electrons. The lowest BCUT2D eigenvalue weighted by Crippen LogP contribution is -1.84. The maximum atomic E-state index is 10.2. The second kappa shape index (κ2) is 22.0. The first-order valence-electron chi connectivity index (χ1n) is 10.5. The SMILES string of the molecule is CCCCCCCCCCCCC=CC=CC=CC=CC=CC=CC(=O)O. The van der Waals surface area contributed by atoms with Gasteiger partial charge in [-0.15, -0.1) is 0 Å². The molecule has 1 N–H and O–H groups in total. The van der Waals surface area contributed by atoms with Gasteiger partial charge >= 0.3 is 5.97 Å². The minimum absolute atomic E-state index is 0.935. The van der Waals surface area contributed by atoms with Gasteiger partial charge in [0.15, 0.2) is 0 Å². The lowest BCUT2D eigenvalue weighted by Gasteiger charge is -2.01. The van der Waals surface area contributed by atoms with Gasteiger partial charge in [-0.1, -0.05) is 132 Å². The van der Waals surface area contributed by atoms with Crippen LogP contribution in [-0.4, -0.2) is 11.1 Å². The fraction of sp³-hybridized carbons (Fsp3) is 0.480. The summed E-state index contributed by atoms with van der Waals surface area (Å²) in [5, 5.41) is 8.42. The molecule has 0 rings (SSSR count). The van der Waals surface area contributed by atoms with Crippen LogP contribution >= 0.6 is 0 Å². The number of unbranched alkanes of at least 4 members (excludes halogenated alkanes) is 10. The highest BCUT2D eigenvalue weighted by Gasteiger charge is 1.91. The molecule has 0 atom stereocenters. The first-order valence-corrected chi connectivity index (χ1v) is 10.5. The van der Waals surface area contributed by atoms with E-state index in [1.807, 2.05) is 36.5 Å². The zero-order chi connectivity index (χ0) is 19.8. The van der Waals surface area contributed by atoms with Gasteiger partial charge in [-0.05, 0) is 12.8 Å². The van der Waals surface area contributed by atoms with Gasteiger partial charge in [-0.2, -0.15) is 0 Å². The van der Waals surface area contributed by atoms with Gasteiger partial charge in [0.1, 0.15) is 0 Å². The smallest absolute Gasteiger partial charge is 0.328 e. The Kier molecular flexibility index (Phi) is 20.3. The molecule has 0 saturated carbocycles. The molecule has 0 amide bonds. The van der Waals surface area contributed by atoms with Gasteiger partial charge < -0.3 is 5.11 Å². The monoisotopic (exact) mass is 370 g/mol. The molecule has 0 aromatic carbocycles. The van der Waals surface area contributed by atoms with Crippen molar-refractivity contribution in [2.24, 2.45) is 0 Å². The van der Waals surface area contributed by atoms with Crippen molar-refractivity contribution >= 4 is 5.97 Å². The van der Waals surface area contributed by atoms with Crippen molar-refractivity contribution in [3.8, 4) is 0 Å². The van der Waals surface area contributed by atoms with Crippen LogP contribution in [-0.2, 0) is 4.79 Å². The number of carboxylic acids is 1. The van der Waals surface area contributed by atoms with Crippen molar-refractivity contribution in [3.63, 3.8) is 0 Å². The van der Waals surface area contributed by atoms with E-state index in [0.717, 1.165) is 6.08 Å². The van der Waals surface area contributed by atoms with E-state index >= 15 is 0 Å². The summed E-state index contributed by atoms with van der Waals surface area (Å²) in [6, 6.07) is 0. The fourth-order valence-corrected chi connectivity index (χ4v) is 2.58. The van der Waals surface area contributed by atoms with Crippen molar-refractivity contribution in [2.75, 3.05) is 0 Å². The Bertz CT molecular complexity index is 504. The molecule has 0 spiro atoms. The number of hydrogen-bond donors (Lipinski definition) is 1. The molecule has 0 heterocycles. The van der Waals surface area contributed by atoms with Crippen LogP contribution in [0.3, 0.4) is 0 Å². The van der Waals surface area contributed by atoms with Crippen LogP contribution < -0.4 is 0 Å². The highest BCUT2D eigenvalue weighted by molar-refractivity contribution is 5.80. The summed E-state index contributed by atoms with van der Waals surface area (Å²) in [5.41, 5.74) is 0. The molecule has 0 radical (unpaired) electrons. The Hall–Kier alpha value is -2.09. The zero-order valence-electron chi connectivity index (χ0n) is 17.1. The van der Waals surface area contributed by atoms with Crippen molar-refractivity contribution in [2.45, 2.75) is 77.6 Å². The second-order valence-corrected chi connectivity index (χ2v) is 6.64. The van der Waals surface area contributed by atoms with E-state index in [4.69, 9.17) is 5.11 Å². The van der Waals surface area contributed by atoms with Crippen molar-refractivity contribution in [1.82, 2.24) is 0 Å². The van der Waals surface area contributed by atoms with Crippen LogP contribution in [0.5, 0.6) is 0 Å². The van der Waals surface area contributed by atoms with Crippen LogP contribution in [0.4, 0.5) is 0 Å². The number of aliphatic carboxylic acids is 1. The maximum Gasteiger partial charge on any atom is 0.328 e. The Morgan fingerprint density at radius 2 is 1.00 bits per heavy atom. The molecule has 0 aliphatic heterocycles. The summed E-state index contributed by atoms with van der Waals surface area (Å²) in [7, 11) is 0. The molecule has 0 bridgehead atoms. The lowest BCUT2D eigenvalue weighted by atomic mass is 10.1. The molecule has 2 nitrogen and oxygen atoms in total. The number of carboxylic acid groups (broad SMARTS) is 1. The Balaban J connectivity index is 3.48. The second-order valence-electron chi connectivity index (χ2n) is 6.64. The van der Waals surface area contributed by atoms with Crippen molar-refractivity contribution in [3.05, 3.63) is 72.9 Å². The predicted octanol–water partition coefficient (Wildman–Crippen LogP) is 7.72. The van der Waals surface area contributed by atoms with Crippen LogP contribution in [0.15, 0.2) is 72.9 Å². The van der Waals surface area contributed by atoms with E-state index in [2.05, 4.69) is 19.1 Å². The number of hydrogen-bond acceptors (Lipinski definition) is 1. The van der Waals surface area contributed by atoms with Gasteiger partial charge in [0.25, 0.3) is 0 Å². The summed E-state index contributed by atoms with van der Waals surface area (Å²) in [4.78, 5) is 10.2. The fourth-order valence-electron chi connectivity index (χ4n) is 2.58. The van der Waals surface area contributed by atoms with Gasteiger partial charge in [-0.25, -0.2) is 4.79 Å². The topological polar surface area (TPSA) is 37.3 Å². The van der Waals surface area contributed by atoms with E-state index < -0.39 is 5.97 Å². The molecule has 2 heteroatoms. The van der Waals surface area contributed by atoms with E-state index in [0.29, 0.717) is 0 Å². The lowest BCUT2D eigenvalue weighted by molar-refractivity contribution is -0.131. The van der Waals surface area contributed by atoms with E-state index in [9.17, 15) is 4.79 Å². The molecule has 0 saturated heterocycles. The minimum Gasteiger partial charge on any atom is -0.478 e. The van der Waals surface area contributed by atoms with Gasteiger partial charge in [-0.3, -0.25) is 0 Å². The van der Waals surface area contributed by atoms with E-state index in [1.165, 1.54) is 76.7 Å². The van der Waals surface area contributed by atoms with Gasteiger partial charge in [0.05, 0.1) is 0 Å². The largest absolute Gasteiger partial charge is 0.478 e. The average molecular weight is 371 g/mol. The first kappa shape index (κ1) is 24.9. The number of allylic oxidation sites excluding steroid dienone is 11. The summed E-state index contributed by atoms with van der Waals surface area (Å²) in [6.45, 7) is 2.27. The van der Waals surface area contributed by atoms with Crippen LogP contribution in [0.2, 0.25) is 0 Å². The highest BCUT2D eigenvalue weighted by Crippen LogP contribution is 2.11. The molecular formula is C25H38O2. The maximum absolute atomic E-state index is 10.2. The summed E-state index contributed by atoms with van der Waals surface area (Å²) >= 11 is 0. The van der Waals surface area contributed by atoms with Gasteiger partial charge in [0, 0.05) is 6.08 Å². The molecule has 0 unspecified atom stereocenters. The van der Waals surface area contributed by atoms with Gasteiger partial charge in [0.2, 0.25) is 0 Å². The molecule has 0 aromatic rings. The molecule has 0 fully saturated rings. The summed E-state index contributed by atoms with van der Waals surface area (Å²) < 4.78 is 0. The minimum atomic E-state index is -0.935. The molecule has 0 aliphatic carbocycles.